The molecule has 44 heavy (non-hydrogen) atoms. The minimum absolute atomic E-state index is 0.0302. The Morgan fingerprint density at radius 1 is 0.955 bits per heavy atom. The Hall–Kier alpha value is -4.05. The van der Waals surface area contributed by atoms with Crippen molar-refractivity contribution in [2.45, 2.75) is 69.4 Å². The van der Waals surface area contributed by atoms with Gasteiger partial charge < -0.3 is 19.7 Å². The van der Waals surface area contributed by atoms with E-state index in [-0.39, 0.29) is 34.8 Å². The molecule has 0 heterocycles. The highest BCUT2D eigenvalue weighted by molar-refractivity contribution is 7.92. The van der Waals surface area contributed by atoms with Gasteiger partial charge in [0.2, 0.25) is 11.8 Å². The maximum absolute atomic E-state index is 14.3. The topological polar surface area (TPSA) is 105 Å². The Kier molecular flexibility index (Phi) is 11.3. The number of carbonyl (C=O) groups is 2. The quantitative estimate of drug-likeness (QED) is 0.268. The van der Waals surface area contributed by atoms with Gasteiger partial charge in [0.05, 0.1) is 24.8 Å². The molecule has 3 aromatic rings. The van der Waals surface area contributed by atoms with Gasteiger partial charge in [0, 0.05) is 18.7 Å². The van der Waals surface area contributed by atoms with Gasteiger partial charge in [0.1, 0.15) is 24.1 Å². The molecule has 10 heteroatoms. The highest BCUT2D eigenvalue weighted by atomic mass is 32.2. The van der Waals surface area contributed by atoms with Crippen LogP contribution in [0.1, 0.15) is 50.2 Å². The van der Waals surface area contributed by atoms with E-state index in [2.05, 4.69) is 5.32 Å². The predicted molar refractivity (Wildman–Crippen MR) is 172 cm³/mol. The summed E-state index contributed by atoms with van der Waals surface area (Å²) in [5.41, 5.74) is 2.07. The number of methoxy groups -OCH3 is 2. The van der Waals surface area contributed by atoms with Crippen LogP contribution in [0.3, 0.4) is 0 Å². The number of sulfonamides is 1. The third-order valence-corrected chi connectivity index (χ3v) is 9.89. The zero-order chi connectivity index (χ0) is 31.7. The van der Waals surface area contributed by atoms with Crippen LogP contribution in [0.5, 0.6) is 11.5 Å². The molecule has 0 saturated heterocycles. The molecule has 1 atom stereocenters. The van der Waals surface area contributed by atoms with Gasteiger partial charge in [-0.2, -0.15) is 0 Å². The van der Waals surface area contributed by atoms with Crippen molar-refractivity contribution in [1.82, 2.24) is 10.2 Å². The number of nitrogens with one attached hydrogen (secondary N) is 1. The Balaban J connectivity index is 1.74. The molecule has 0 aliphatic heterocycles. The van der Waals surface area contributed by atoms with Gasteiger partial charge in [-0.25, -0.2) is 8.42 Å². The molecule has 0 spiro atoms. The standard InChI is InChI=1S/C34H43N3O6S/c1-5-30(34(39)35-27-13-9-10-14-27)36(22-21-26-11-7-6-8-12-26)33(38)24-37(31-23-28(42-3)17-20-32(31)43-4)44(40,41)29-18-15-25(2)16-19-29/h6-8,11-12,15-20,23,27,30H,5,9-10,13-14,21-22,24H2,1-4H3,(H,35,39)/t30-/m1/s1. The Morgan fingerprint density at radius 2 is 1.64 bits per heavy atom. The molecular formula is C34H43N3O6S. The van der Waals surface area contributed by atoms with E-state index in [4.69, 9.17) is 9.47 Å². The van der Waals surface area contributed by atoms with E-state index >= 15 is 0 Å². The van der Waals surface area contributed by atoms with Crippen LogP contribution < -0.4 is 19.1 Å². The van der Waals surface area contributed by atoms with Gasteiger partial charge in [0.25, 0.3) is 10.0 Å². The molecule has 1 saturated carbocycles. The number of anilines is 1. The van der Waals surface area contributed by atoms with Crippen molar-refractivity contribution in [2.24, 2.45) is 0 Å². The zero-order valence-electron chi connectivity index (χ0n) is 26.0. The number of rotatable bonds is 14. The third kappa shape index (κ3) is 7.91. The maximum Gasteiger partial charge on any atom is 0.264 e. The molecule has 0 bridgehead atoms. The number of benzene rings is 3. The summed E-state index contributed by atoms with van der Waals surface area (Å²) in [4.78, 5) is 29.5. The van der Waals surface area contributed by atoms with Crippen LogP contribution in [-0.4, -0.2) is 64.5 Å². The lowest BCUT2D eigenvalue weighted by atomic mass is 10.1. The molecule has 1 N–H and O–H groups in total. The van der Waals surface area contributed by atoms with E-state index in [1.807, 2.05) is 44.2 Å². The monoisotopic (exact) mass is 621 g/mol. The van der Waals surface area contributed by atoms with E-state index in [0.29, 0.717) is 18.6 Å². The molecule has 9 nitrogen and oxygen atoms in total. The molecule has 0 unspecified atom stereocenters. The van der Waals surface area contributed by atoms with Gasteiger partial charge in [-0.1, -0.05) is 67.8 Å². The van der Waals surface area contributed by atoms with Crippen molar-refractivity contribution in [3.8, 4) is 11.5 Å². The third-order valence-electron chi connectivity index (χ3n) is 8.11. The highest BCUT2D eigenvalue weighted by Crippen LogP contribution is 2.36. The van der Waals surface area contributed by atoms with Crippen molar-refractivity contribution in [2.75, 3.05) is 31.6 Å². The summed E-state index contributed by atoms with van der Waals surface area (Å²) in [6, 6.07) is 20.3. The predicted octanol–water partition coefficient (Wildman–Crippen LogP) is 5.12. The lowest BCUT2D eigenvalue weighted by Crippen LogP contribution is -2.54. The number of aryl methyl sites for hydroxylation is 1. The van der Waals surface area contributed by atoms with Crippen LogP contribution in [0.15, 0.2) is 77.7 Å². The SMILES string of the molecule is CC[C@H](C(=O)NC1CCCC1)N(CCc1ccccc1)C(=O)CN(c1cc(OC)ccc1OC)S(=O)(=O)c1ccc(C)cc1. The van der Waals surface area contributed by atoms with Crippen molar-refractivity contribution in [1.29, 1.82) is 0 Å². The van der Waals surface area contributed by atoms with E-state index in [1.54, 1.807) is 24.3 Å². The van der Waals surface area contributed by atoms with Crippen molar-refractivity contribution >= 4 is 27.5 Å². The summed E-state index contributed by atoms with van der Waals surface area (Å²) in [6.45, 7) is 3.44. The first-order chi connectivity index (χ1) is 21.2. The van der Waals surface area contributed by atoms with Gasteiger partial charge in [0.15, 0.2) is 0 Å². The number of hydrogen-bond acceptors (Lipinski definition) is 6. The number of ether oxygens (including phenoxy) is 2. The fourth-order valence-electron chi connectivity index (χ4n) is 5.61. The van der Waals surface area contributed by atoms with Crippen LogP contribution in [0.4, 0.5) is 5.69 Å². The first kappa shape index (κ1) is 32.9. The Bertz CT molecular complexity index is 1510. The van der Waals surface area contributed by atoms with E-state index in [0.717, 1.165) is 41.1 Å². The van der Waals surface area contributed by atoms with Crippen LogP contribution in [-0.2, 0) is 26.0 Å². The zero-order valence-corrected chi connectivity index (χ0v) is 26.8. The molecule has 1 aliphatic carbocycles. The number of amides is 2. The summed E-state index contributed by atoms with van der Waals surface area (Å²) >= 11 is 0. The van der Waals surface area contributed by atoms with Crippen LogP contribution >= 0.6 is 0 Å². The first-order valence-corrected chi connectivity index (χ1v) is 16.6. The van der Waals surface area contributed by atoms with Crippen molar-refractivity contribution in [3.05, 3.63) is 83.9 Å². The first-order valence-electron chi connectivity index (χ1n) is 15.1. The van der Waals surface area contributed by atoms with Crippen LogP contribution in [0, 0.1) is 6.92 Å². The van der Waals surface area contributed by atoms with E-state index in [1.165, 1.54) is 37.3 Å². The fourth-order valence-corrected chi connectivity index (χ4v) is 7.02. The minimum Gasteiger partial charge on any atom is -0.497 e. The summed E-state index contributed by atoms with van der Waals surface area (Å²) in [5, 5.41) is 3.14. The summed E-state index contributed by atoms with van der Waals surface area (Å²) < 4.78 is 40.5. The second kappa shape index (κ2) is 15.1. The second-order valence-corrected chi connectivity index (χ2v) is 13.0. The summed E-state index contributed by atoms with van der Waals surface area (Å²) in [6.07, 6.45) is 4.84. The molecule has 2 amide bonds. The summed E-state index contributed by atoms with van der Waals surface area (Å²) in [7, 11) is -1.32. The normalized spacial score (nSPS) is 14.1. The lowest BCUT2D eigenvalue weighted by Gasteiger charge is -2.34. The molecule has 1 fully saturated rings. The molecule has 0 aromatic heterocycles. The Labute approximate surface area is 261 Å². The Morgan fingerprint density at radius 3 is 2.25 bits per heavy atom. The average molecular weight is 622 g/mol. The van der Waals surface area contributed by atoms with Crippen LogP contribution in [0.2, 0.25) is 0 Å². The molecule has 3 aromatic carbocycles. The fraction of sp³-hybridized carbons (Fsp3) is 0.412. The molecule has 0 radical (unpaired) electrons. The number of nitrogens with zero attached hydrogens (tertiary/aromatic N) is 2. The van der Waals surface area contributed by atoms with Gasteiger partial charge >= 0.3 is 0 Å². The summed E-state index contributed by atoms with van der Waals surface area (Å²) in [5.74, 6) is -0.0422. The lowest BCUT2D eigenvalue weighted by molar-refractivity contribution is -0.139. The van der Waals surface area contributed by atoms with Crippen molar-refractivity contribution in [3.63, 3.8) is 0 Å². The average Bonchev–Trinajstić information content (AvgIpc) is 3.55. The van der Waals surface area contributed by atoms with Gasteiger partial charge in [-0.3, -0.25) is 13.9 Å². The number of hydrogen-bond donors (Lipinski definition) is 1. The molecule has 4 rings (SSSR count). The molecule has 1 aliphatic rings. The second-order valence-electron chi connectivity index (χ2n) is 11.1. The van der Waals surface area contributed by atoms with Crippen molar-refractivity contribution < 1.29 is 27.5 Å². The van der Waals surface area contributed by atoms with Gasteiger partial charge in [-0.15, -0.1) is 0 Å². The molecule has 236 valence electrons. The van der Waals surface area contributed by atoms with E-state index in [9.17, 15) is 18.0 Å². The minimum atomic E-state index is -4.25. The molecular weight excluding hydrogens is 578 g/mol. The highest BCUT2D eigenvalue weighted by Gasteiger charge is 2.35. The van der Waals surface area contributed by atoms with Gasteiger partial charge in [-0.05, 0) is 62.4 Å². The van der Waals surface area contributed by atoms with E-state index < -0.39 is 28.5 Å². The smallest absolute Gasteiger partial charge is 0.264 e. The van der Waals surface area contributed by atoms with Crippen LogP contribution in [0.25, 0.3) is 0 Å². The maximum atomic E-state index is 14.3. The largest absolute Gasteiger partial charge is 0.497 e. The number of carbonyl (C=O) groups excluding carboxylic acids is 2.